The van der Waals surface area contributed by atoms with Gasteiger partial charge in [-0.15, -0.1) is 0 Å². The first-order chi connectivity index (χ1) is 18.6. The molecular formula is C27H32N8O3. The molecule has 2 aliphatic heterocycles. The van der Waals surface area contributed by atoms with Gasteiger partial charge in [-0.25, -0.2) is 9.79 Å². The molecule has 0 bridgehead atoms. The number of hydrogen-bond acceptors (Lipinski definition) is 6. The molecule has 2 saturated heterocycles. The van der Waals surface area contributed by atoms with Crippen molar-refractivity contribution in [2.45, 2.75) is 6.54 Å². The highest BCUT2D eigenvalue weighted by molar-refractivity contribution is 6.10. The Morgan fingerprint density at radius 3 is 2.29 bits per heavy atom. The molecule has 0 unspecified atom stereocenters. The average molecular weight is 517 g/mol. The molecule has 38 heavy (non-hydrogen) atoms. The van der Waals surface area contributed by atoms with Gasteiger partial charge in [-0.3, -0.25) is 15.3 Å². The lowest BCUT2D eigenvalue weighted by Crippen LogP contribution is -2.41. The summed E-state index contributed by atoms with van der Waals surface area (Å²) in [5.41, 5.74) is 3.67. The molecule has 4 heterocycles. The van der Waals surface area contributed by atoms with E-state index in [1.165, 1.54) is 0 Å². The lowest BCUT2D eigenvalue weighted by atomic mass is 10.2. The number of benzene rings is 1. The fraction of sp³-hybridized carbons (Fsp3) is 0.333. The summed E-state index contributed by atoms with van der Waals surface area (Å²) in [4.78, 5) is 29.2. The fourth-order valence-electron chi connectivity index (χ4n) is 4.30. The highest BCUT2D eigenvalue weighted by Crippen LogP contribution is 2.15. The Morgan fingerprint density at radius 1 is 0.947 bits per heavy atom. The van der Waals surface area contributed by atoms with Crippen molar-refractivity contribution in [1.82, 2.24) is 19.8 Å². The molecule has 2 amide bonds. The number of amidine groups is 2. The summed E-state index contributed by atoms with van der Waals surface area (Å²) in [6.07, 6.45) is 3.50. The monoisotopic (exact) mass is 516 g/mol. The molecule has 1 aromatic carbocycles. The van der Waals surface area contributed by atoms with Crippen LogP contribution >= 0.6 is 0 Å². The normalized spacial score (nSPS) is 16.7. The second kappa shape index (κ2) is 12.5. The molecule has 2 aliphatic rings. The SMILES string of the molecule is N=C(/N=C(\c1ccc[nH]1)N1CCOCC1)c1ccc(NC(=O)Nc2ccc(CN3CCOCC3)nc2)cc1. The Hall–Kier alpha value is -4.06. The van der Waals surface area contributed by atoms with Crippen LogP contribution in [0.1, 0.15) is 17.0 Å². The molecule has 0 spiro atoms. The predicted octanol–water partition coefficient (Wildman–Crippen LogP) is 2.99. The van der Waals surface area contributed by atoms with E-state index < -0.39 is 0 Å². The number of anilines is 2. The quantitative estimate of drug-likeness (QED) is 0.294. The summed E-state index contributed by atoms with van der Waals surface area (Å²) in [7, 11) is 0. The Morgan fingerprint density at radius 2 is 1.63 bits per heavy atom. The van der Waals surface area contributed by atoms with Crippen LogP contribution in [0.4, 0.5) is 16.2 Å². The maximum Gasteiger partial charge on any atom is 0.323 e. The molecule has 0 radical (unpaired) electrons. The highest BCUT2D eigenvalue weighted by atomic mass is 16.5. The van der Waals surface area contributed by atoms with Gasteiger partial charge in [0, 0.05) is 50.2 Å². The number of amides is 2. The predicted molar refractivity (Wildman–Crippen MR) is 146 cm³/mol. The number of carbonyl (C=O) groups is 1. The van der Waals surface area contributed by atoms with Gasteiger partial charge in [0.2, 0.25) is 0 Å². The molecule has 0 saturated carbocycles. The number of morpholine rings is 2. The van der Waals surface area contributed by atoms with Crippen LogP contribution in [0.25, 0.3) is 0 Å². The number of carbonyl (C=O) groups excluding carboxylic acids is 1. The zero-order valence-electron chi connectivity index (χ0n) is 21.2. The Labute approximate surface area is 221 Å². The number of H-pyrrole nitrogens is 1. The van der Waals surface area contributed by atoms with Crippen molar-refractivity contribution >= 4 is 29.1 Å². The van der Waals surface area contributed by atoms with E-state index in [1.807, 2.05) is 30.5 Å². The fourth-order valence-corrected chi connectivity index (χ4v) is 4.30. The van der Waals surface area contributed by atoms with Crippen molar-refractivity contribution < 1.29 is 14.3 Å². The molecule has 0 aliphatic carbocycles. The Kier molecular flexibility index (Phi) is 8.39. The van der Waals surface area contributed by atoms with Gasteiger partial charge in [-0.05, 0) is 48.5 Å². The number of nitrogens with one attached hydrogen (secondary N) is 4. The van der Waals surface area contributed by atoms with E-state index in [0.717, 1.165) is 63.2 Å². The minimum absolute atomic E-state index is 0.139. The Balaban J connectivity index is 1.17. The van der Waals surface area contributed by atoms with Gasteiger partial charge < -0.3 is 30.0 Å². The number of aromatic nitrogens is 2. The van der Waals surface area contributed by atoms with Crippen molar-refractivity contribution in [3.05, 3.63) is 77.9 Å². The number of nitrogens with zero attached hydrogens (tertiary/aromatic N) is 4. The van der Waals surface area contributed by atoms with Gasteiger partial charge in [-0.2, -0.15) is 0 Å². The molecular weight excluding hydrogens is 484 g/mol. The first-order valence-corrected chi connectivity index (χ1v) is 12.7. The van der Waals surface area contributed by atoms with E-state index in [-0.39, 0.29) is 11.9 Å². The van der Waals surface area contributed by atoms with E-state index in [9.17, 15) is 4.79 Å². The van der Waals surface area contributed by atoms with Crippen LogP contribution in [-0.4, -0.2) is 90.1 Å². The third-order valence-electron chi connectivity index (χ3n) is 6.36. The molecule has 2 fully saturated rings. The van der Waals surface area contributed by atoms with Crippen molar-refractivity contribution in [2.75, 3.05) is 63.2 Å². The minimum Gasteiger partial charge on any atom is -0.379 e. The van der Waals surface area contributed by atoms with Gasteiger partial charge in [0.1, 0.15) is 0 Å². The van der Waals surface area contributed by atoms with Crippen LogP contribution in [-0.2, 0) is 16.0 Å². The molecule has 4 N–H and O–H groups in total. The molecule has 11 heteroatoms. The van der Waals surface area contributed by atoms with Crippen molar-refractivity contribution in [3.8, 4) is 0 Å². The number of pyridine rings is 1. The van der Waals surface area contributed by atoms with E-state index in [1.54, 1.807) is 30.5 Å². The zero-order valence-corrected chi connectivity index (χ0v) is 21.2. The third kappa shape index (κ3) is 6.82. The van der Waals surface area contributed by atoms with Gasteiger partial charge >= 0.3 is 6.03 Å². The molecule has 11 nitrogen and oxygen atoms in total. The van der Waals surface area contributed by atoms with E-state index in [0.29, 0.717) is 30.2 Å². The number of aliphatic imine (C=N–C) groups is 1. The topological polar surface area (TPSA) is 131 Å². The third-order valence-corrected chi connectivity index (χ3v) is 6.36. The summed E-state index contributed by atoms with van der Waals surface area (Å²) in [6.45, 7) is 6.75. The van der Waals surface area contributed by atoms with Gasteiger partial charge in [0.05, 0.1) is 49.7 Å². The first-order valence-electron chi connectivity index (χ1n) is 12.7. The lowest BCUT2D eigenvalue weighted by Gasteiger charge is -2.29. The lowest BCUT2D eigenvalue weighted by molar-refractivity contribution is 0.0336. The van der Waals surface area contributed by atoms with Crippen LogP contribution in [0.15, 0.2) is 65.9 Å². The molecule has 0 atom stereocenters. The van der Waals surface area contributed by atoms with Crippen LogP contribution in [0.3, 0.4) is 0 Å². The molecule has 2 aromatic heterocycles. The standard InChI is InChI=1S/C27H32N8O3/c28-25(33-26(24-2-1-9-29-24)35-12-16-38-17-13-35)20-3-5-21(6-4-20)31-27(36)32-22-7-8-23(30-18-22)19-34-10-14-37-15-11-34/h1-9,18,28-29H,10-17,19H2,(H2,31,32,36)/b28-25?,33-26+. The summed E-state index contributed by atoms with van der Waals surface area (Å²) in [5, 5.41) is 14.2. The van der Waals surface area contributed by atoms with E-state index >= 15 is 0 Å². The number of urea groups is 1. The van der Waals surface area contributed by atoms with E-state index in [4.69, 9.17) is 14.9 Å². The zero-order chi connectivity index (χ0) is 26.2. The maximum atomic E-state index is 12.5. The van der Waals surface area contributed by atoms with Crippen LogP contribution in [0.5, 0.6) is 0 Å². The highest BCUT2D eigenvalue weighted by Gasteiger charge is 2.19. The van der Waals surface area contributed by atoms with Crippen LogP contribution < -0.4 is 10.6 Å². The van der Waals surface area contributed by atoms with Gasteiger partial charge in [0.15, 0.2) is 11.7 Å². The maximum absolute atomic E-state index is 12.5. The number of hydrogen-bond donors (Lipinski definition) is 4. The van der Waals surface area contributed by atoms with Crippen molar-refractivity contribution in [3.63, 3.8) is 0 Å². The smallest absolute Gasteiger partial charge is 0.323 e. The first kappa shape index (κ1) is 25.6. The summed E-state index contributed by atoms with van der Waals surface area (Å²) < 4.78 is 10.8. The largest absolute Gasteiger partial charge is 0.379 e. The van der Waals surface area contributed by atoms with Gasteiger partial charge in [-0.1, -0.05) is 0 Å². The van der Waals surface area contributed by atoms with Crippen LogP contribution in [0, 0.1) is 5.41 Å². The number of ether oxygens (including phenoxy) is 2. The summed E-state index contributed by atoms with van der Waals surface area (Å²) in [5.74, 6) is 0.856. The molecule has 198 valence electrons. The second-order valence-electron chi connectivity index (χ2n) is 9.05. The van der Waals surface area contributed by atoms with Crippen LogP contribution in [0.2, 0.25) is 0 Å². The van der Waals surface area contributed by atoms with E-state index in [2.05, 4.69) is 35.4 Å². The minimum atomic E-state index is -0.366. The molecule has 5 rings (SSSR count). The van der Waals surface area contributed by atoms with Crippen molar-refractivity contribution in [2.24, 2.45) is 4.99 Å². The van der Waals surface area contributed by atoms with Gasteiger partial charge in [0.25, 0.3) is 0 Å². The second-order valence-corrected chi connectivity index (χ2v) is 9.05. The van der Waals surface area contributed by atoms with Crippen molar-refractivity contribution in [1.29, 1.82) is 5.41 Å². The average Bonchev–Trinajstić information content (AvgIpc) is 3.49. The Bertz CT molecular complexity index is 1230. The summed E-state index contributed by atoms with van der Waals surface area (Å²) >= 11 is 0. The molecule has 3 aromatic rings. The number of aromatic amines is 1. The summed E-state index contributed by atoms with van der Waals surface area (Å²) in [6, 6.07) is 14.3. The number of rotatable bonds is 6.